The number of nitrogens with zero attached hydrogens (tertiary/aromatic N) is 5. The Morgan fingerprint density at radius 2 is 1.66 bits per heavy atom. The zero-order valence-corrected chi connectivity index (χ0v) is 20.9. The monoisotopic (exact) mass is 499 g/mol. The van der Waals surface area contributed by atoms with E-state index >= 15 is 0 Å². The maximum Gasteiger partial charge on any atom is 0.192 e. The van der Waals surface area contributed by atoms with E-state index < -0.39 is 0 Å². The van der Waals surface area contributed by atoms with Gasteiger partial charge in [-0.05, 0) is 60.5 Å². The minimum absolute atomic E-state index is 0.221. The van der Waals surface area contributed by atoms with Crippen molar-refractivity contribution >= 4 is 16.6 Å². The number of rotatable bonds is 8. The van der Waals surface area contributed by atoms with Gasteiger partial charge in [-0.15, -0.1) is 10.2 Å². The number of aromatic nitrogens is 5. The first-order valence-electron chi connectivity index (χ1n) is 12.4. The van der Waals surface area contributed by atoms with Crippen molar-refractivity contribution in [3.8, 4) is 33.9 Å². The molecular formula is C31H25N5O2. The summed E-state index contributed by atoms with van der Waals surface area (Å²) < 4.78 is 13.7. The Morgan fingerprint density at radius 1 is 0.789 bits per heavy atom. The van der Waals surface area contributed by atoms with Crippen LogP contribution in [0.4, 0.5) is 0 Å². The second-order valence-electron chi connectivity index (χ2n) is 8.71. The summed E-state index contributed by atoms with van der Waals surface area (Å²) in [6, 6.07) is 30.0. The second-order valence-corrected chi connectivity index (χ2v) is 8.71. The molecule has 3 aromatic carbocycles. The molecule has 0 amide bonds. The molecule has 6 rings (SSSR count). The van der Waals surface area contributed by atoms with Crippen molar-refractivity contribution in [1.29, 1.82) is 0 Å². The van der Waals surface area contributed by atoms with Gasteiger partial charge in [-0.3, -0.25) is 4.98 Å². The molecule has 0 bridgehead atoms. The van der Waals surface area contributed by atoms with Crippen molar-refractivity contribution < 1.29 is 9.47 Å². The quantitative estimate of drug-likeness (QED) is 0.221. The van der Waals surface area contributed by atoms with Gasteiger partial charge in [0, 0.05) is 17.1 Å². The van der Waals surface area contributed by atoms with E-state index in [1.165, 1.54) is 0 Å². The van der Waals surface area contributed by atoms with E-state index in [2.05, 4.69) is 33.4 Å². The van der Waals surface area contributed by atoms with Crippen LogP contribution in [0.3, 0.4) is 0 Å². The zero-order valence-electron chi connectivity index (χ0n) is 20.9. The van der Waals surface area contributed by atoms with Crippen molar-refractivity contribution in [3.05, 3.63) is 115 Å². The van der Waals surface area contributed by atoms with Crippen molar-refractivity contribution in [1.82, 2.24) is 24.8 Å². The summed E-state index contributed by atoms with van der Waals surface area (Å²) >= 11 is 0. The second kappa shape index (κ2) is 10.5. The zero-order chi connectivity index (χ0) is 25.7. The average molecular weight is 500 g/mol. The molecule has 0 saturated heterocycles. The number of benzene rings is 3. The molecule has 0 atom stereocenters. The van der Waals surface area contributed by atoms with Crippen LogP contribution in [0, 0.1) is 0 Å². The minimum Gasteiger partial charge on any atom is -0.490 e. The SMILES string of the molecule is CC=CCOc1cccc(-c2ccc3c(OCc4nnc5ccc(-c6ccccc6)nn45)ccnc3c2)c1. The lowest BCUT2D eigenvalue weighted by Crippen LogP contribution is -2.05. The van der Waals surface area contributed by atoms with Crippen LogP contribution in [-0.4, -0.2) is 31.4 Å². The lowest BCUT2D eigenvalue weighted by Gasteiger charge is -2.10. The molecular weight excluding hydrogens is 474 g/mol. The maximum absolute atomic E-state index is 6.21. The van der Waals surface area contributed by atoms with E-state index in [1.54, 1.807) is 10.7 Å². The molecule has 3 aromatic heterocycles. The van der Waals surface area contributed by atoms with E-state index in [-0.39, 0.29) is 6.61 Å². The normalized spacial score (nSPS) is 11.4. The topological polar surface area (TPSA) is 74.4 Å². The molecule has 38 heavy (non-hydrogen) atoms. The highest BCUT2D eigenvalue weighted by Gasteiger charge is 2.12. The summed E-state index contributed by atoms with van der Waals surface area (Å²) in [6.45, 7) is 2.75. The number of hydrogen-bond acceptors (Lipinski definition) is 6. The fourth-order valence-corrected chi connectivity index (χ4v) is 4.26. The van der Waals surface area contributed by atoms with Crippen molar-refractivity contribution in [3.63, 3.8) is 0 Å². The number of pyridine rings is 1. The molecule has 3 heterocycles. The maximum atomic E-state index is 6.21. The molecule has 0 radical (unpaired) electrons. The highest BCUT2D eigenvalue weighted by Crippen LogP contribution is 2.30. The van der Waals surface area contributed by atoms with Gasteiger partial charge in [-0.1, -0.05) is 60.7 Å². The van der Waals surface area contributed by atoms with Gasteiger partial charge >= 0.3 is 0 Å². The fourth-order valence-electron chi connectivity index (χ4n) is 4.26. The van der Waals surface area contributed by atoms with Gasteiger partial charge in [-0.2, -0.15) is 9.61 Å². The largest absolute Gasteiger partial charge is 0.490 e. The lowest BCUT2D eigenvalue weighted by atomic mass is 10.0. The smallest absolute Gasteiger partial charge is 0.192 e. The highest BCUT2D eigenvalue weighted by molar-refractivity contribution is 5.89. The van der Waals surface area contributed by atoms with Gasteiger partial charge in [-0.25, -0.2) is 0 Å². The Morgan fingerprint density at radius 3 is 2.55 bits per heavy atom. The van der Waals surface area contributed by atoms with Crippen molar-refractivity contribution in [2.45, 2.75) is 13.5 Å². The van der Waals surface area contributed by atoms with Crippen molar-refractivity contribution in [2.75, 3.05) is 6.61 Å². The van der Waals surface area contributed by atoms with Gasteiger partial charge < -0.3 is 9.47 Å². The van der Waals surface area contributed by atoms with Crippen LogP contribution < -0.4 is 9.47 Å². The minimum atomic E-state index is 0.221. The van der Waals surface area contributed by atoms with Crippen LogP contribution in [-0.2, 0) is 6.61 Å². The highest BCUT2D eigenvalue weighted by atomic mass is 16.5. The Balaban J connectivity index is 1.24. The van der Waals surface area contributed by atoms with Gasteiger partial charge in [0.05, 0.1) is 11.2 Å². The Labute approximate surface area is 220 Å². The van der Waals surface area contributed by atoms with Crippen LogP contribution in [0.5, 0.6) is 11.5 Å². The molecule has 7 heteroatoms. The third-order valence-corrected chi connectivity index (χ3v) is 6.21. The first kappa shape index (κ1) is 23.4. The molecule has 0 unspecified atom stereocenters. The van der Waals surface area contributed by atoms with E-state index in [9.17, 15) is 0 Å². The summed E-state index contributed by atoms with van der Waals surface area (Å²) in [5, 5.41) is 14.2. The first-order valence-corrected chi connectivity index (χ1v) is 12.4. The van der Waals surface area contributed by atoms with Gasteiger partial charge in [0.1, 0.15) is 24.7 Å². The van der Waals surface area contributed by atoms with Gasteiger partial charge in [0.25, 0.3) is 0 Å². The van der Waals surface area contributed by atoms with E-state index in [0.29, 0.717) is 18.1 Å². The van der Waals surface area contributed by atoms with Gasteiger partial charge in [0.15, 0.2) is 11.5 Å². The Kier molecular flexibility index (Phi) is 6.47. The summed E-state index contributed by atoms with van der Waals surface area (Å²) in [5.74, 6) is 2.17. The fraction of sp³-hybridized carbons (Fsp3) is 0.0968. The number of hydrogen-bond donors (Lipinski definition) is 0. The summed E-state index contributed by atoms with van der Waals surface area (Å²) in [7, 11) is 0. The van der Waals surface area contributed by atoms with Crippen LogP contribution in [0.15, 0.2) is 109 Å². The first-order chi connectivity index (χ1) is 18.8. The molecule has 7 nitrogen and oxygen atoms in total. The molecule has 0 fully saturated rings. The molecule has 0 aliphatic rings. The Bertz CT molecular complexity index is 1740. The molecule has 0 N–H and O–H groups in total. The van der Waals surface area contributed by atoms with E-state index in [1.807, 2.05) is 91.9 Å². The van der Waals surface area contributed by atoms with Crippen LogP contribution in [0.1, 0.15) is 12.7 Å². The third-order valence-electron chi connectivity index (χ3n) is 6.21. The van der Waals surface area contributed by atoms with Crippen LogP contribution in [0.2, 0.25) is 0 Å². The number of fused-ring (bicyclic) bond motifs is 2. The molecule has 0 aliphatic heterocycles. The predicted octanol–water partition coefficient (Wildman–Crippen LogP) is 6.54. The van der Waals surface area contributed by atoms with Crippen LogP contribution >= 0.6 is 0 Å². The van der Waals surface area contributed by atoms with Gasteiger partial charge in [0.2, 0.25) is 0 Å². The van der Waals surface area contributed by atoms with E-state index in [0.717, 1.165) is 44.8 Å². The molecule has 186 valence electrons. The molecule has 0 aliphatic carbocycles. The third kappa shape index (κ3) is 4.82. The Hall–Kier alpha value is -5.04. The standard InChI is InChI=1S/C31H25N5O2/c1-2-3-18-37-25-11-7-10-23(19-25)24-12-13-26-28(20-24)32-17-16-29(26)38-21-31-34-33-30-15-14-27(35-36(30)31)22-8-5-4-6-9-22/h2-17,19-20H,18,21H2,1H3. The van der Waals surface area contributed by atoms with Crippen molar-refractivity contribution in [2.24, 2.45) is 0 Å². The van der Waals surface area contributed by atoms with E-state index in [4.69, 9.17) is 14.6 Å². The average Bonchev–Trinajstić information content (AvgIpc) is 3.39. The lowest BCUT2D eigenvalue weighted by molar-refractivity contribution is 0.296. The predicted molar refractivity (Wildman–Crippen MR) is 148 cm³/mol. The molecule has 0 saturated carbocycles. The number of ether oxygens (including phenoxy) is 2. The summed E-state index contributed by atoms with van der Waals surface area (Å²) in [5.41, 5.74) is 5.51. The summed E-state index contributed by atoms with van der Waals surface area (Å²) in [6.07, 6.45) is 5.71. The summed E-state index contributed by atoms with van der Waals surface area (Å²) in [4.78, 5) is 4.59. The number of allylic oxidation sites excluding steroid dienone is 1. The van der Waals surface area contributed by atoms with Crippen LogP contribution in [0.25, 0.3) is 38.9 Å². The molecule has 0 spiro atoms. The molecule has 6 aromatic rings.